The lowest BCUT2D eigenvalue weighted by Gasteiger charge is -2.61. The second kappa shape index (κ2) is 5.42. The van der Waals surface area contributed by atoms with Gasteiger partial charge in [0.1, 0.15) is 0 Å². The normalized spacial score (nSPS) is 29.2. The van der Waals surface area contributed by atoms with E-state index in [2.05, 4.69) is 10.3 Å². The number of aromatic nitrogens is 3. The van der Waals surface area contributed by atoms with Crippen molar-refractivity contribution in [2.45, 2.75) is 57.3 Å². The maximum absolute atomic E-state index is 13.7. The highest BCUT2D eigenvalue weighted by Crippen LogP contribution is 2.69. The average molecular weight is 344 g/mol. The van der Waals surface area contributed by atoms with E-state index in [4.69, 9.17) is 10.5 Å². The smallest absolute Gasteiger partial charge is 0.381 e. The molecule has 2 atom stereocenters. The van der Waals surface area contributed by atoms with Crippen LogP contribution in [0.15, 0.2) is 6.20 Å². The van der Waals surface area contributed by atoms with E-state index in [1.807, 2.05) is 0 Å². The summed E-state index contributed by atoms with van der Waals surface area (Å²) in [4.78, 5) is 0. The second-order valence-corrected chi connectivity index (χ2v) is 7.98. The highest BCUT2D eigenvalue weighted by atomic mass is 19.4. The SMILES string of the molecule is NC(c1cn(CC2(C(F)(F)F)CC3(CCC3)C2)nn1)C1CCOC1. The lowest BCUT2D eigenvalue weighted by molar-refractivity contribution is -0.300. The quantitative estimate of drug-likeness (QED) is 0.912. The van der Waals surface area contributed by atoms with Crippen molar-refractivity contribution in [1.29, 1.82) is 0 Å². The Morgan fingerprint density at radius 2 is 2.12 bits per heavy atom. The third kappa shape index (κ3) is 2.54. The topological polar surface area (TPSA) is 66.0 Å². The zero-order valence-electron chi connectivity index (χ0n) is 13.6. The highest BCUT2D eigenvalue weighted by Gasteiger charge is 2.68. The van der Waals surface area contributed by atoms with Gasteiger partial charge in [0, 0.05) is 12.5 Å². The third-order valence-corrected chi connectivity index (χ3v) is 6.28. The molecule has 3 fully saturated rings. The number of hydrogen-bond acceptors (Lipinski definition) is 4. The van der Waals surface area contributed by atoms with E-state index in [0.717, 1.165) is 25.7 Å². The first-order valence-corrected chi connectivity index (χ1v) is 8.63. The molecule has 4 rings (SSSR count). The van der Waals surface area contributed by atoms with Crippen LogP contribution in [0.5, 0.6) is 0 Å². The molecule has 5 nitrogen and oxygen atoms in total. The Balaban J connectivity index is 1.47. The Morgan fingerprint density at radius 3 is 2.67 bits per heavy atom. The molecule has 24 heavy (non-hydrogen) atoms. The molecule has 2 aliphatic carbocycles. The van der Waals surface area contributed by atoms with Gasteiger partial charge in [-0.25, -0.2) is 0 Å². The van der Waals surface area contributed by atoms with Crippen molar-refractivity contribution >= 4 is 0 Å². The minimum absolute atomic E-state index is 0.0590. The average Bonchev–Trinajstić information content (AvgIpc) is 3.09. The molecule has 0 bridgehead atoms. The number of nitrogens with two attached hydrogens (primary N) is 1. The number of nitrogens with zero attached hydrogens (tertiary/aromatic N) is 3. The van der Waals surface area contributed by atoms with Crippen LogP contribution < -0.4 is 5.73 Å². The summed E-state index contributed by atoms with van der Waals surface area (Å²) in [5.74, 6) is 0.161. The van der Waals surface area contributed by atoms with Crippen LogP contribution in [0.4, 0.5) is 13.2 Å². The highest BCUT2D eigenvalue weighted by molar-refractivity contribution is 5.10. The fourth-order valence-electron chi connectivity index (χ4n) is 4.75. The molecule has 2 N–H and O–H groups in total. The molecule has 1 saturated heterocycles. The summed E-state index contributed by atoms with van der Waals surface area (Å²) in [5.41, 5.74) is 5.01. The summed E-state index contributed by atoms with van der Waals surface area (Å²) in [6.07, 6.45) is 1.59. The molecule has 1 spiro atoms. The molecular weight excluding hydrogens is 321 g/mol. The van der Waals surface area contributed by atoms with E-state index in [1.165, 1.54) is 4.68 Å². The Labute approximate surface area is 138 Å². The van der Waals surface area contributed by atoms with Crippen molar-refractivity contribution in [3.63, 3.8) is 0 Å². The Hall–Kier alpha value is -1.15. The summed E-state index contributed by atoms with van der Waals surface area (Å²) in [5, 5.41) is 7.95. The van der Waals surface area contributed by atoms with Crippen LogP contribution >= 0.6 is 0 Å². The fourth-order valence-corrected chi connectivity index (χ4v) is 4.75. The summed E-state index contributed by atoms with van der Waals surface area (Å²) in [6, 6.07) is -0.331. The Bertz CT molecular complexity index is 597. The predicted octanol–water partition coefficient (Wildman–Crippen LogP) is 2.83. The summed E-state index contributed by atoms with van der Waals surface area (Å²) in [6.45, 7) is 1.09. The van der Waals surface area contributed by atoms with Crippen LogP contribution in [0.1, 0.15) is 50.3 Å². The monoisotopic (exact) mass is 344 g/mol. The zero-order valence-corrected chi connectivity index (χ0v) is 13.6. The van der Waals surface area contributed by atoms with Crippen LogP contribution in [0.25, 0.3) is 0 Å². The molecule has 2 heterocycles. The maximum atomic E-state index is 13.7. The summed E-state index contributed by atoms with van der Waals surface area (Å²) in [7, 11) is 0. The second-order valence-electron chi connectivity index (χ2n) is 7.98. The Morgan fingerprint density at radius 1 is 1.38 bits per heavy atom. The first kappa shape index (κ1) is 16.3. The van der Waals surface area contributed by atoms with Gasteiger partial charge in [-0.2, -0.15) is 13.2 Å². The molecule has 3 aliphatic rings. The van der Waals surface area contributed by atoms with E-state index < -0.39 is 11.6 Å². The van der Waals surface area contributed by atoms with E-state index in [9.17, 15) is 13.2 Å². The molecule has 0 amide bonds. The number of rotatable bonds is 4. The van der Waals surface area contributed by atoms with E-state index in [0.29, 0.717) is 18.9 Å². The van der Waals surface area contributed by atoms with E-state index in [-0.39, 0.29) is 36.8 Å². The molecule has 8 heteroatoms. The van der Waals surface area contributed by atoms with Gasteiger partial charge in [0.15, 0.2) is 0 Å². The van der Waals surface area contributed by atoms with Gasteiger partial charge in [0.2, 0.25) is 0 Å². The van der Waals surface area contributed by atoms with Gasteiger partial charge in [0.25, 0.3) is 0 Å². The largest absolute Gasteiger partial charge is 0.396 e. The standard InChI is InChI=1S/C16H23F3N4O/c17-16(18,19)15(8-14(9-15)3-1-4-14)10-23-6-12(21-22-23)13(20)11-2-5-24-7-11/h6,11,13H,1-5,7-10,20H2. The molecule has 1 aromatic heterocycles. The van der Waals surface area contributed by atoms with Crippen LogP contribution in [-0.2, 0) is 11.3 Å². The van der Waals surface area contributed by atoms with Crippen LogP contribution in [0.3, 0.4) is 0 Å². The lowest BCUT2D eigenvalue weighted by Crippen LogP contribution is -2.59. The molecule has 134 valence electrons. The minimum Gasteiger partial charge on any atom is -0.381 e. The van der Waals surface area contributed by atoms with Gasteiger partial charge in [-0.05, 0) is 37.5 Å². The van der Waals surface area contributed by atoms with Crippen molar-refractivity contribution in [2.24, 2.45) is 22.5 Å². The van der Waals surface area contributed by atoms with Gasteiger partial charge >= 0.3 is 6.18 Å². The molecule has 1 aliphatic heterocycles. The fraction of sp³-hybridized carbons (Fsp3) is 0.875. The van der Waals surface area contributed by atoms with Crippen LogP contribution in [-0.4, -0.2) is 34.4 Å². The molecule has 2 unspecified atom stereocenters. The molecule has 0 aromatic carbocycles. The maximum Gasteiger partial charge on any atom is 0.396 e. The first-order valence-electron chi connectivity index (χ1n) is 8.63. The van der Waals surface area contributed by atoms with Crippen molar-refractivity contribution in [3.8, 4) is 0 Å². The molecule has 1 aromatic rings. The first-order chi connectivity index (χ1) is 11.3. The summed E-state index contributed by atoms with van der Waals surface area (Å²) >= 11 is 0. The number of alkyl halides is 3. The number of ether oxygens (including phenoxy) is 1. The van der Waals surface area contributed by atoms with Crippen LogP contribution in [0, 0.1) is 16.7 Å². The van der Waals surface area contributed by atoms with Gasteiger partial charge in [0.05, 0.1) is 36.5 Å². The molecular formula is C16H23F3N4O. The van der Waals surface area contributed by atoms with E-state index >= 15 is 0 Å². The van der Waals surface area contributed by atoms with Gasteiger partial charge in [-0.15, -0.1) is 5.10 Å². The van der Waals surface area contributed by atoms with Gasteiger partial charge in [-0.3, -0.25) is 4.68 Å². The third-order valence-electron chi connectivity index (χ3n) is 6.28. The zero-order chi connectivity index (χ0) is 17.0. The summed E-state index contributed by atoms with van der Waals surface area (Å²) < 4.78 is 47.6. The minimum atomic E-state index is -4.21. The molecule has 0 radical (unpaired) electrons. The lowest BCUT2D eigenvalue weighted by atomic mass is 9.45. The molecule has 2 saturated carbocycles. The number of halogens is 3. The predicted molar refractivity (Wildman–Crippen MR) is 79.9 cm³/mol. The van der Waals surface area contributed by atoms with E-state index in [1.54, 1.807) is 6.20 Å². The van der Waals surface area contributed by atoms with Crippen LogP contribution in [0.2, 0.25) is 0 Å². The Kier molecular flexibility index (Phi) is 3.69. The van der Waals surface area contributed by atoms with Crippen molar-refractivity contribution < 1.29 is 17.9 Å². The van der Waals surface area contributed by atoms with Crippen molar-refractivity contribution in [3.05, 3.63) is 11.9 Å². The number of hydrogen-bond donors (Lipinski definition) is 1. The van der Waals surface area contributed by atoms with Gasteiger partial charge in [-0.1, -0.05) is 11.6 Å². The van der Waals surface area contributed by atoms with Crippen molar-refractivity contribution in [1.82, 2.24) is 15.0 Å². The van der Waals surface area contributed by atoms with Gasteiger partial charge < -0.3 is 10.5 Å². The van der Waals surface area contributed by atoms with Crippen molar-refractivity contribution in [2.75, 3.05) is 13.2 Å².